The molecule has 7 heteroatoms. The highest BCUT2D eigenvalue weighted by atomic mass is 16.2. The molecule has 1 aromatic heterocycles. The van der Waals surface area contributed by atoms with Crippen molar-refractivity contribution >= 4 is 17.6 Å². The number of aromatic nitrogens is 2. The zero-order valence-electron chi connectivity index (χ0n) is 14.3. The van der Waals surface area contributed by atoms with Crippen LogP contribution in [0.15, 0.2) is 36.4 Å². The van der Waals surface area contributed by atoms with Crippen molar-refractivity contribution in [2.24, 2.45) is 5.92 Å². The number of amides is 3. The molecular formula is C18H23N5O2. The van der Waals surface area contributed by atoms with Crippen molar-refractivity contribution in [2.75, 3.05) is 18.4 Å². The van der Waals surface area contributed by atoms with Gasteiger partial charge in [-0.1, -0.05) is 18.2 Å². The molecule has 0 aliphatic carbocycles. The zero-order chi connectivity index (χ0) is 17.6. The molecule has 7 nitrogen and oxygen atoms in total. The molecule has 1 aliphatic heterocycles. The number of H-pyrrole nitrogens is 1. The Morgan fingerprint density at radius 3 is 2.84 bits per heavy atom. The van der Waals surface area contributed by atoms with E-state index >= 15 is 0 Å². The van der Waals surface area contributed by atoms with Crippen LogP contribution in [0.25, 0.3) is 0 Å². The van der Waals surface area contributed by atoms with Gasteiger partial charge in [-0.3, -0.25) is 9.89 Å². The molecule has 2 aromatic rings. The molecule has 0 spiro atoms. The van der Waals surface area contributed by atoms with Crippen LogP contribution >= 0.6 is 0 Å². The molecule has 0 saturated carbocycles. The number of rotatable bonds is 4. The van der Waals surface area contributed by atoms with Crippen molar-refractivity contribution in [3.8, 4) is 0 Å². The number of nitrogens with zero attached hydrogens (tertiary/aromatic N) is 2. The SMILES string of the molecule is Cc1cc(CNC(=O)C2CCCN(C(=O)Nc3ccccc3)C2)n[nH]1. The minimum Gasteiger partial charge on any atom is -0.350 e. The summed E-state index contributed by atoms with van der Waals surface area (Å²) >= 11 is 0. The second-order valence-electron chi connectivity index (χ2n) is 6.34. The standard InChI is InChI=1S/C18H23N5O2/c1-13-10-16(22-21-13)11-19-17(24)14-6-5-9-23(12-14)18(25)20-15-7-3-2-4-8-15/h2-4,7-8,10,14H,5-6,9,11-12H2,1H3,(H,19,24)(H,20,25)(H,21,22). The van der Waals surface area contributed by atoms with Gasteiger partial charge in [-0.15, -0.1) is 0 Å². The van der Waals surface area contributed by atoms with E-state index < -0.39 is 0 Å². The lowest BCUT2D eigenvalue weighted by Gasteiger charge is -2.32. The molecular weight excluding hydrogens is 318 g/mol. The van der Waals surface area contributed by atoms with Gasteiger partial charge in [-0.05, 0) is 38.0 Å². The third kappa shape index (κ3) is 4.59. The Morgan fingerprint density at radius 1 is 1.32 bits per heavy atom. The lowest BCUT2D eigenvalue weighted by atomic mass is 9.97. The number of para-hydroxylation sites is 1. The number of aromatic amines is 1. The fourth-order valence-electron chi connectivity index (χ4n) is 2.99. The van der Waals surface area contributed by atoms with Crippen LogP contribution in [0.5, 0.6) is 0 Å². The van der Waals surface area contributed by atoms with Gasteiger partial charge in [-0.25, -0.2) is 4.79 Å². The van der Waals surface area contributed by atoms with Gasteiger partial charge in [0.15, 0.2) is 0 Å². The second-order valence-corrected chi connectivity index (χ2v) is 6.34. The quantitative estimate of drug-likeness (QED) is 0.797. The van der Waals surface area contributed by atoms with E-state index in [1.54, 1.807) is 4.90 Å². The van der Waals surface area contributed by atoms with Gasteiger partial charge < -0.3 is 15.5 Å². The van der Waals surface area contributed by atoms with Crippen molar-refractivity contribution in [3.05, 3.63) is 47.8 Å². The third-order valence-corrected chi connectivity index (χ3v) is 4.31. The molecule has 1 aromatic carbocycles. The summed E-state index contributed by atoms with van der Waals surface area (Å²) in [6, 6.07) is 11.1. The Balaban J connectivity index is 1.51. The molecule has 3 rings (SSSR count). The molecule has 132 valence electrons. The van der Waals surface area contributed by atoms with Crippen LogP contribution in [0.1, 0.15) is 24.2 Å². The fraction of sp³-hybridized carbons (Fsp3) is 0.389. The van der Waals surface area contributed by atoms with Gasteiger partial charge in [-0.2, -0.15) is 5.10 Å². The van der Waals surface area contributed by atoms with Crippen molar-refractivity contribution in [3.63, 3.8) is 0 Å². The van der Waals surface area contributed by atoms with Gasteiger partial charge in [0.1, 0.15) is 0 Å². The van der Waals surface area contributed by atoms with Gasteiger partial charge in [0.05, 0.1) is 18.2 Å². The highest BCUT2D eigenvalue weighted by molar-refractivity contribution is 5.90. The van der Waals surface area contributed by atoms with E-state index in [0.717, 1.165) is 29.9 Å². The summed E-state index contributed by atoms with van der Waals surface area (Å²) in [5, 5.41) is 12.7. The first kappa shape index (κ1) is 17.0. The molecule has 1 atom stereocenters. The molecule has 25 heavy (non-hydrogen) atoms. The van der Waals surface area contributed by atoms with E-state index in [4.69, 9.17) is 0 Å². The largest absolute Gasteiger partial charge is 0.350 e. The summed E-state index contributed by atoms with van der Waals surface area (Å²) in [7, 11) is 0. The number of benzene rings is 1. The van der Waals surface area contributed by atoms with Gasteiger partial charge in [0, 0.05) is 24.5 Å². The average molecular weight is 341 g/mol. The van der Waals surface area contributed by atoms with E-state index in [2.05, 4.69) is 20.8 Å². The minimum absolute atomic E-state index is 0.0298. The van der Waals surface area contributed by atoms with Gasteiger partial charge in [0.25, 0.3) is 0 Å². The molecule has 1 fully saturated rings. The Morgan fingerprint density at radius 2 is 2.12 bits per heavy atom. The predicted molar refractivity (Wildman–Crippen MR) is 94.9 cm³/mol. The van der Waals surface area contributed by atoms with Crippen LogP contribution < -0.4 is 10.6 Å². The summed E-state index contributed by atoms with van der Waals surface area (Å²) in [4.78, 5) is 26.5. The van der Waals surface area contributed by atoms with Crippen LogP contribution in [-0.2, 0) is 11.3 Å². The van der Waals surface area contributed by atoms with Gasteiger partial charge in [0.2, 0.25) is 5.91 Å². The van der Waals surface area contributed by atoms with E-state index in [9.17, 15) is 9.59 Å². The summed E-state index contributed by atoms with van der Waals surface area (Å²) in [5.41, 5.74) is 2.53. The number of urea groups is 1. The predicted octanol–water partition coefficient (Wildman–Crippen LogP) is 2.28. The number of hydrogen-bond acceptors (Lipinski definition) is 3. The number of carbonyl (C=O) groups is 2. The van der Waals surface area contributed by atoms with Crippen LogP contribution in [0.3, 0.4) is 0 Å². The summed E-state index contributed by atoms with van der Waals surface area (Å²) in [6.07, 6.45) is 1.61. The van der Waals surface area contributed by atoms with E-state index in [-0.39, 0.29) is 17.9 Å². The number of hydrogen-bond donors (Lipinski definition) is 3. The smallest absolute Gasteiger partial charge is 0.321 e. The topological polar surface area (TPSA) is 90.1 Å². The molecule has 1 unspecified atom stereocenters. The van der Waals surface area contributed by atoms with Crippen molar-refractivity contribution < 1.29 is 9.59 Å². The molecule has 3 amide bonds. The first-order chi connectivity index (χ1) is 12.1. The van der Waals surface area contributed by atoms with Crippen molar-refractivity contribution in [1.29, 1.82) is 0 Å². The second kappa shape index (κ2) is 7.83. The van der Waals surface area contributed by atoms with E-state index in [1.807, 2.05) is 43.3 Å². The minimum atomic E-state index is -0.185. The first-order valence-corrected chi connectivity index (χ1v) is 8.51. The van der Waals surface area contributed by atoms with Crippen molar-refractivity contribution in [2.45, 2.75) is 26.3 Å². The van der Waals surface area contributed by atoms with Crippen LogP contribution in [0.2, 0.25) is 0 Å². The number of aryl methyl sites for hydroxylation is 1. The maximum Gasteiger partial charge on any atom is 0.321 e. The Labute approximate surface area is 146 Å². The number of nitrogens with one attached hydrogen (secondary N) is 3. The fourth-order valence-corrected chi connectivity index (χ4v) is 2.99. The molecule has 1 saturated heterocycles. The molecule has 0 bridgehead atoms. The Hall–Kier alpha value is -2.83. The third-order valence-electron chi connectivity index (χ3n) is 4.31. The number of carbonyl (C=O) groups excluding carboxylic acids is 2. The van der Waals surface area contributed by atoms with E-state index in [0.29, 0.717) is 19.6 Å². The lowest BCUT2D eigenvalue weighted by Crippen LogP contribution is -2.46. The van der Waals surface area contributed by atoms with Crippen LogP contribution in [-0.4, -0.2) is 40.1 Å². The monoisotopic (exact) mass is 341 g/mol. The van der Waals surface area contributed by atoms with Crippen LogP contribution in [0.4, 0.5) is 10.5 Å². The maximum absolute atomic E-state index is 12.4. The zero-order valence-corrected chi connectivity index (χ0v) is 14.3. The average Bonchev–Trinajstić information content (AvgIpc) is 3.06. The number of anilines is 1. The first-order valence-electron chi connectivity index (χ1n) is 8.51. The summed E-state index contributed by atoms with van der Waals surface area (Å²) < 4.78 is 0. The summed E-state index contributed by atoms with van der Waals surface area (Å²) in [6.45, 7) is 3.42. The highest BCUT2D eigenvalue weighted by Crippen LogP contribution is 2.18. The maximum atomic E-state index is 12.4. The molecule has 0 radical (unpaired) electrons. The molecule has 3 N–H and O–H groups in total. The van der Waals surface area contributed by atoms with Gasteiger partial charge >= 0.3 is 6.03 Å². The van der Waals surface area contributed by atoms with Crippen LogP contribution in [0, 0.1) is 12.8 Å². The Kier molecular flexibility index (Phi) is 5.33. The van der Waals surface area contributed by atoms with E-state index in [1.165, 1.54) is 0 Å². The van der Waals surface area contributed by atoms with Crippen molar-refractivity contribution in [1.82, 2.24) is 20.4 Å². The molecule has 1 aliphatic rings. The lowest BCUT2D eigenvalue weighted by molar-refractivity contribution is -0.126. The summed E-state index contributed by atoms with van der Waals surface area (Å²) in [5.74, 6) is -0.215. The normalized spacial score (nSPS) is 17.2. The molecule has 2 heterocycles. The number of piperidine rings is 1. The Bertz CT molecular complexity index is 728. The number of likely N-dealkylation sites (tertiary alicyclic amines) is 1. The highest BCUT2D eigenvalue weighted by Gasteiger charge is 2.28.